The summed E-state index contributed by atoms with van der Waals surface area (Å²) in [6.45, 7) is 15.6. The van der Waals surface area contributed by atoms with Gasteiger partial charge in [0.1, 0.15) is 0 Å². The Kier molecular flexibility index (Phi) is 4.93. The summed E-state index contributed by atoms with van der Waals surface area (Å²) in [6, 6.07) is 17.6. The van der Waals surface area contributed by atoms with Crippen LogP contribution < -0.4 is 4.90 Å². The van der Waals surface area contributed by atoms with Crippen molar-refractivity contribution in [2.24, 2.45) is 5.41 Å². The SMILES string of the molecule is Cc1cccc(N(C2=C=C(C(C)(C)C)C=C2)c2ccc(C(C)(C)C)cc2)c1. The Morgan fingerprint density at radius 1 is 0.741 bits per heavy atom. The molecule has 0 heterocycles. The van der Waals surface area contributed by atoms with E-state index in [1.807, 2.05) is 0 Å². The van der Waals surface area contributed by atoms with Crippen LogP contribution in [0.3, 0.4) is 0 Å². The van der Waals surface area contributed by atoms with Gasteiger partial charge in [0.25, 0.3) is 0 Å². The number of nitrogens with zero attached hydrogens (tertiary/aromatic N) is 1. The Balaban J connectivity index is 2.13. The highest BCUT2D eigenvalue weighted by Crippen LogP contribution is 2.36. The van der Waals surface area contributed by atoms with Crippen LogP contribution in [0.1, 0.15) is 52.7 Å². The summed E-state index contributed by atoms with van der Waals surface area (Å²) in [5.74, 6) is 0. The number of hydrogen-bond acceptors (Lipinski definition) is 1. The molecule has 1 heteroatoms. The normalized spacial score (nSPS) is 14.2. The molecule has 0 unspecified atom stereocenters. The van der Waals surface area contributed by atoms with Crippen molar-refractivity contribution >= 4 is 11.4 Å². The Labute approximate surface area is 164 Å². The first kappa shape index (κ1) is 19.3. The van der Waals surface area contributed by atoms with E-state index in [9.17, 15) is 0 Å². The lowest BCUT2D eigenvalue weighted by Gasteiger charge is -2.26. The molecule has 27 heavy (non-hydrogen) atoms. The third-order valence-electron chi connectivity index (χ3n) is 4.97. The molecule has 0 aromatic heterocycles. The molecule has 0 bridgehead atoms. The van der Waals surface area contributed by atoms with Gasteiger partial charge in [-0.1, -0.05) is 71.5 Å². The van der Waals surface area contributed by atoms with Gasteiger partial charge in [0.15, 0.2) is 0 Å². The zero-order chi connectivity index (χ0) is 19.8. The van der Waals surface area contributed by atoms with Crippen molar-refractivity contribution < 1.29 is 0 Å². The van der Waals surface area contributed by atoms with E-state index < -0.39 is 0 Å². The Morgan fingerprint density at radius 3 is 1.93 bits per heavy atom. The number of hydrogen-bond donors (Lipinski definition) is 0. The Bertz CT molecular complexity index is 921. The number of allylic oxidation sites excluding steroid dienone is 2. The minimum Gasteiger partial charge on any atom is -0.304 e. The predicted molar refractivity (Wildman–Crippen MR) is 118 cm³/mol. The maximum Gasteiger partial charge on any atom is 0.0893 e. The standard InChI is InChI=1S/C26H31N/c1-19-9-8-10-23(17-19)27(24-16-13-21(18-24)26(5,6)7)22-14-11-20(12-15-22)25(2,3)4/h8-17H,1-7H3. The predicted octanol–water partition coefficient (Wildman–Crippen LogP) is 7.46. The summed E-state index contributed by atoms with van der Waals surface area (Å²) in [6.07, 6.45) is 4.38. The highest BCUT2D eigenvalue weighted by molar-refractivity contribution is 5.72. The molecule has 0 aliphatic heterocycles. The molecule has 0 N–H and O–H groups in total. The van der Waals surface area contributed by atoms with Crippen LogP contribution in [0.4, 0.5) is 11.4 Å². The minimum atomic E-state index is 0.0899. The molecule has 3 rings (SSSR count). The van der Waals surface area contributed by atoms with Gasteiger partial charge in [-0.3, -0.25) is 0 Å². The van der Waals surface area contributed by atoms with E-state index in [0.717, 1.165) is 11.4 Å². The summed E-state index contributed by atoms with van der Waals surface area (Å²) in [7, 11) is 0. The van der Waals surface area contributed by atoms with Crippen molar-refractivity contribution in [2.45, 2.75) is 53.9 Å². The van der Waals surface area contributed by atoms with Gasteiger partial charge >= 0.3 is 0 Å². The second-order valence-electron chi connectivity index (χ2n) is 9.48. The second-order valence-corrected chi connectivity index (χ2v) is 9.48. The van der Waals surface area contributed by atoms with Crippen LogP contribution in [0.25, 0.3) is 0 Å². The average Bonchev–Trinajstić information content (AvgIpc) is 3.05. The molecule has 0 fully saturated rings. The summed E-state index contributed by atoms with van der Waals surface area (Å²) in [4.78, 5) is 2.30. The molecular formula is C26H31N. The maximum absolute atomic E-state index is 3.64. The summed E-state index contributed by atoms with van der Waals surface area (Å²) >= 11 is 0. The maximum atomic E-state index is 3.64. The van der Waals surface area contributed by atoms with Crippen LogP contribution in [0.15, 0.2) is 77.7 Å². The van der Waals surface area contributed by atoms with Gasteiger partial charge in [0, 0.05) is 16.9 Å². The monoisotopic (exact) mass is 357 g/mol. The van der Waals surface area contributed by atoms with Crippen LogP contribution in [0.2, 0.25) is 0 Å². The van der Waals surface area contributed by atoms with Crippen molar-refractivity contribution in [3.8, 4) is 0 Å². The number of benzene rings is 2. The first-order chi connectivity index (χ1) is 12.6. The zero-order valence-corrected chi connectivity index (χ0v) is 17.7. The summed E-state index contributed by atoms with van der Waals surface area (Å²) in [5, 5.41) is 0. The highest BCUT2D eigenvalue weighted by atomic mass is 15.1. The van der Waals surface area contributed by atoms with E-state index in [4.69, 9.17) is 0 Å². The molecule has 1 aliphatic rings. The van der Waals surface area contributed by atoms with Gasteiger partial charge in [0.2, 0.25) is 0 Å². The van der Waals surface area contributed by atoms with E-state index >= 15 is 0 Å². The van der Waals surface area contributed by atoms with Gasteiger partial charge in [0.05, 0.1) is 5.70 Å². The zero-order valence-electron chi connectivity index (χ0n) is 17.7. The summed E-state index contributed by atoms with van der Waals surface area (Å²) < 4.78 is 0. The smallest absolute Gasteiger partial charge is 0.0893 e. The molecule has 0 saturated carbocycles. The van der Waals surface area contributed by atoms with Crippen molar-refractivity contribution in [1.29, 1.82) is 0 Å². The van der Waals surface area contributed by atoms with E-state index in [1.54, 1.807) is 0 Å². The average molecular weight is 358 g/mol. The lowest BCUT2D eigenvalue weighted by Crippen LogP contribution is -2.15. The molecule has 1 aliphatic carbocycles. The molecule has 1 nitrogen and oxygen atoms in total. The number of aryl methyl sites for hydroxylation is 1. The third kappa shape index (κ3) is 4.26. The molecule has 0 atom stereocenters. The molecule has 0 radical (unpaired) electrons. The largest absolute Gasteiger partial charge is 0.304 e. The van der Waals surface area contributed by atoms with Gasteiger partial charge in [-0.15, -0.1) is 0 Å². The molecule has 0 amide bonds. The fourth-order valence-corrected chi connectivity index (χ4v) is 3.26. The Hall–Kier alpha value is -2.50. The Morgan fingerprint density at radius 2 is 1.41 bits per heavy atom. The first-order valence-corrected chi connectivity index (χ1v) is 9.72. The quantitative estimate of drug-likeness (QED) is 0.515. The van der Waals surface area contributed by atoms with Crippen LogP contribution >= 0.6 is 0 Å². The highest BCUT2D eigenvalue weighted by Gasteiger charge is 2.22. The van der Waals surface area contributed by atoms with E-state index in [-0.39, 0.29) is 10.8 Å². The molecule has 140 valence electrons. The fraction of sp³-hybridized carbons (Fsp3) is 0.346. The summed E-state index contributed by atoms with van der Waals surface area (Å²) in [5.41, 5.74) is 11.1. The van der Waals surface area contributed by atoms with Gasteiger partial charge in [-0.2, -0.15) is 0 Å². The van der Waals surface area contributed by atoms with E-state index in [0.29, 0.717) is 0 Å². The molecular weight excluding hydrogens is 326 g/mol. The fourth-order valence-electron chi connectivity index (χ4n) is 3.26. The minimum absolute atomic E-state index is 0.0899. The lowest BCUT2D eigenvalue weighted by atomic mass is 9.87. The second kappa shape index (κ2) is 6.91. The van der Waals surface area contributed by atoms with Gasteiger partial charge < -0.3 is 4.90 Å². The van der Waals surface area contributed by atoms with Gasteiger partial charge in [-0.05, 0) is 65.3 Å². The first-order valence-electron chi connectivity index (χ1n) is 9.72. The van der Waals surface area contributed by atoms with Crippen molar-refractivity contribution in [1.82, 2.24) is 0 Å². The van der Waals surface area contributed by atoms with Gasteiger partial charge in [-0.25, -0.2) is 0 Å². The molecule has 0 saturated heterocycles. The van der Waals surface area contributed by atoms with Crippen LogP contribution in [-0.4, -0.2) is 0 Å². The van der Waals surface area contributed by atoms with E-state index in [1.165, 1.54) is 22.4 Å². The lowest BCUT2D eigenvalue weighted by molar-refractivity contribution is 0.519. The van der Waals surface area contributed by atoms with Crippen LogP contribution in [0.5, 0.6) is 0 Å². The number of anilines is 2. The third-order valence-corrected chi connectivity index (χ3v) is 4.97. The van der Waals surface area contributed by atoms with E-state index in [2.05, 4.69) is 120 Å². The molecule has 0 spiro atoms. The molecule has 2 aromatic rings. The van der Waals surface area contributed by atoms with Crippen molar-refractivity contribution in [3.05, 3.63) is 88.8 Å². The van der Waals surface area contributed by atoms with Crippen molar-refractivity contribution in [2.75, 3.05) is 4.90 Å². The molecule has 2 aromatic carbocycles. The van der Waals surface area contributed by atoms with Crippen LogP contribution in [-0.2, 0) is 5.41 Å². The van der Waals surface area contributed by atoms with Crippen LogP contribution in [0, 0.1) is 12.3 Å². The number of rotatable bonds is 3. The van der Waals surface area contributed by atoms with Crippen molar-refractivity contribution in [3.63, 3.8) is 0 Å². The topological polar surface area (TPSA) is 3.24 Å².